The van der Waals surface area contributed by atoms with Gasteiger partial charge in [0.25, 0.3) is 0 Å². The number of esters is 1. The summed E-state index contributed by atoms with van der Waals surface area (Å²) in [7, 11) is 4.70. The van der Waals surface area contributed by atoms with E-state index in [1.807, 2.05) is 0 Å². The zero-order valence-electron chi connectivity index (χ0n) is 9.04. The van der Waals surface area contributed by atoms with Gasteiger partial charge in [0.2, 0.25) is 0 Å². The molecule has 0 N–H and O–H groups in total. The van der Waals surface area contributed by atoms with Gasteiger partial charge in [-0.1, -0.05) is 0 Å². The first-order valence-electron chi connectivity index (χ1n) is 4.83. The lowest BCUT2D eigenvalue weighted by Crippen LogP contribution is -2.30. The third-order valence-corrected chi connectivity index (χ3v) is 2.96. The predicted octanol–water partition coefficient (Wildman–Crippen LogP) is 1.34. The van der Waals surface area contributed by atoms with E-state index in [4.69, 9.17) is 9.47 Å². The summed E-state index contributed by atoms with van der Waals surface area (Å²) in [6, 6.07) is 0. The molecule has 1 rings (SSSR count). The van der Waals surface area contributed by atoms with Gasteiger partial charge in [-0.05, 0) is 12.3 Å². The van der Waals surface area contributed by atoms with E-state index >= 15 is 0 Å². The lowest BCUT2D eigenvalue weighted by atomic mass is 10.0. The van der Waals surface area contributed by atoms with Gasteiger partial charge in [-0.2, -0.15) is 0 Å². The highest BCUT2D eigenvalue weighted by molar-refractivity contribution is 5.69. The molecule has 4 heteroatoms. The normalized spacial score (nSPS) is 24.9. The van der Waals surface area contributed by atoms with Crippen LogP contribution < -0.4 is 0 Å². The number of carbonyl (C=O) groups is 1. The van der Waals surface area contributed by atoms with E-state index in [1.165, 1.54) is 7.11 Å². The van der Waals surface area contributed by atoms with E-state index in [2.05, 4.69) is 4.74 Å². The summed E-state index contributed by atoms with van der Waals surface area (Å²) >= 11 is 0. The lowest BCUT2D eigenvalue weighted by molar-refractivity contribution is -0.202. The Balaban J connectivity index is 2.44. The maximum atomic E-state index is 11.1. The van der Waals surface area contributed by atoms with Crippen molar-refractivity contribution in [2.75, 3.05) is 21.3 Å². The highest BCUT2D eigenvalue weighted by atomic mass is 16.7. The average Bonchev–Trinajstić information content (AvgIpc) is 2.62. The molecule has 0 aromatic heterocycles. The van der Waals surface area contributed by atoms with Crippen molar-refractivity contribution in [1.29, 1.82) is 0 Å². The molecule has 0 spiro atoms. The lowest BCUT2D eigenvalue weighted by Gasteiger charge is -2.25. The molecule has 0 amide bonds. The summed E-state index contributed by atoms with van der Waals surface area (Å²) in [4.78, 5) is 11.1. The van der Waals surface area contributed by atoms with E-state index in [0.29, 0.717) is 12.3 Å². The van der Waals surface area contributed by atoms with Crippen LogP contribution in [0.3, 0.4) is 0 Å². The smallest absolute Gasteiger partial charge is 0.305 e. The fourth-order valence-electron chi connectivity index (χ4n) is 2.02. The third-order valence-electron chi connectivity index (χ3n) is 2.96. The van der Waals surface area contributed by atoms with E-state index < -0.39 is 5.79 Å². The SMILES string of the molecule is COC(=O)C[C@@H]1CCC(OC)(OC)C1. The molecule has 1 atom stereocenters. The molecule has 0 aromatic carbocycles. The van der Waals surface area contributed by atoms with Crippen molar-refractivity contribution >= 4 is 5.97 Å². The minimum Gasteiger partial charge on any atom is -0.469 e. The molecule has 82 valence electrons. The van der Waals surface area contributed by atoms with Crippen LogP contribution in [-0.4, -0.2) is 33.1 Å². The summed E-state index contributed by atoms with van der Waals surface area (Å²) in [6.07, 6.45) is 3.04. The fourth-order valence-corrected chi connectivity index (χ4v) is 2.02. The van der Waals surface area contributed by atoms with Crippen LogP contribution in [0, 0.1) is 5.92 Å². The van der Waals surface area contributed by atoms with Crippen LogP contribution in [0.15, 0.2) is 0 Å². The van der Waals surface area contributed by atoms with Crippen LogP contribution in [-0.2, 0) is 19.0 Å². The topological polar surface area (TPSA) is 44.8 Å². The number of rotatable bonds is 4. The average molecular weight is 202 g/mol. The van der Waals surface area contributed by atoms with Crippen molar-refractivity contribution < 1.29 is 19.0 Å². The van der Waals surface area contributed by atoms with Crippen molar-refractivity contribution in [2.24, 2.45) is 5.92 Å². The summed E-state index contributed by atoms with van der Waals surface area (Å²) in [5.41, 5.74) is 0. The van der Waals surface area contributed by atoms with Crippen molar-refractivity contribution in [1.82, 2.24) is 0 Å². The Morgan fingerprint density at radius 3 is 2.43 bits per heavy atom. The molecular formula is C10H18O4. The monoisotopic (exact) mass is 202 g/mol. The van der Waals surface area contributed by atoms with Gasteiger partial charge in [-0.3, -0.25) is 4.79 Å². The minimum absolute atomic E-state index is 0.155. The van der Waals surface area contributed by atoms with Gasteiger partial charge < -0.3 is 14.2 Å². The predicted molar refractivity (Wildman–Crippen MR) is 50.7 cm³/mol. The number of methoxy groups -OCH3 is 3. The first-order chi connectivity index (χ1) is 6.65. The molecule has 0 aliphatic heterocycles. The molecule has 0 bridgehead atoms. The number of carbonyl (C=O) groups excluding carboxylic acids is 1. The van der Waals surface area contributed by atoms with Crippen molar-refractivity contribution in [3.8, 4) is 0 Å². The molecule has 0 heterocycles. The molecule has 0 radical (unpaired) electrons. The first kappa shape index (κ1) is 11.5. The second kappa shape index (κ2) is 4.75. The molecular weight excluding hydrogens is 184 g/mol. The van der Waals surface area contributed by atoms with Gasteiger partial charge >= 0.3 is 5.97 Å². The van der Waals surface area contributed by atoms with Crippen LogP contribution in [0.25, 0.3) is 0 Å². The molecule has 14 heavy (non-hydrogen) atoms. The minimum atomic E-state index is -0.474. The van der Waals surface area contributed by atoms with Crippen molar-refractivity contribution in [3.05, 3.63) is 0 Å². The Morgan fingerprint density at radius 2 is 2.00 bits per heavy atom. The summed E-state index contributed by atoms with van der Waals surface area (Å²) in [6.45, 7) is 0. The van der Waals surface area contributed by atoms with E-state index in [0.717, 1.165) is 19.3 Å². The van der Waals surface area contributed by atoms with Crippen molar-refractivity contribution in [2.45, 2.75) is 31.5 Å². The highest BCUT2D eigenvalue weighted by Crippen LogP contribution is 2.39. The summed E-state index contributed by atoms with van der Waals surface area (Å²) in [5.74, 6) is -0.307. The van der Waals surface area contributed by atoms with E-state index in [9.17, 15) is 4.79 Å². The zero-order valence-corrected chi connectivity index (χ0v) is 9.04. The van der Waals surface area contributed by atoms with Crippen LogP contribution in [0.1, 0.15) is 25.7 Å². The number of hydrogen-bond acceptors (Lipinski definition) is 4. The molecule has 0 unspecified atom stereocenters. The van der Waals surface area contributed by atoms with E-state index in [-0.39, 0.29) is 5.97 Å². The standard InChI is InChI=1S/C10H18O4/c1-12-9(11)6-8-4-5-10(7-8,13-2)14-3/h8H,4-7H2,1-3H3/t8-/m0/s1. The van der Waals surface area contributed by atoms with Gasteiger partial charge in [0.1, 0.15) is 0 Å². The second-order valence-electron chi connectivity index (χ2n) is 3.71. The maximum Gasteiger partial charge on any atom is 0.305 e. The van der Waals surface area contributed by atoms with Crippen LogP contribution in [0.2, 0.25) is 0 Å². The summed E-state index contributed by atoms with van der Waals surface area (Å²) < 4.78 is 15.3. The zero-order chi connectivity index (χ0) is 10.6. The summed E-state index contributed by atoms with van der Waals surface area (Å²) in [5, 5.41) is 0. The van der Waals surface area contributed by atoms with Crippen molar-refractivity contribution in [3.63, 3.8) is 0 Å². The molecule has 1 fully saturated rings. The van der Waals surface area contributed by atoms with E-state index in [1.54, 1.807) is 14.2 Å². The Hall–Kier alpha value is -0.610. The maximum absolute atomic E-state index is 11.1. The Kier molecular flexibility index (Phi) is 3.89. The molecule has 1 saturated carbocycles. The third kappa shape index (κ3) is 2.45. The Bertz CT molecular complexity index is 198. The fraction of sp³-hybridized carbons (Fsp3) is 0.900. The van der Waals surface area contributed by atoms with Gasteiger partial charge in [0.05, 0.1) is 7.11 Å². The van der Waals surface area contributed by atoms with Gasteiger partial charge in [0.15, 0.2) is 5.79 Å². The number of ether oxygens (including phenoxy) is 3. The molecule has 1 aliphatic rings. The second-order valence-corrected chi connectivity index (χ2v) is 3.71. The Morgan fingerprint density at radius 1 is 1.36 bits per heavy atom. The highest BCUT2D eigenvalue weighted by Gasteiger charge is 2.40. The van der Waals surface area contributed by atoms with Crippen LogP contribution >= 0.6 is 0 Å². The quantitative estimate of drug-likeness (QED) is 0.509. The molecule has 0 aromatic rings. The van der Waals surface area contributed by atoms with Gasteiger partial charge in [0, 0.05) is 33.5 Å². The van der Waals surface area contributed by atoms with Crippen LogP contribution in [0.4, 0.5) is 0 Å². The molecule has 1 aliphatic carbocycles. The largest absolute Gasteiger partial charge is 0.469 e. The molecule has 4 nitrogen and oxygen atoms in total. The number of hydrogen-bond donors (Lipinski definition) is 0. The van der Waals surface area contributed by atoms with Crippen LogP contribution in [0.5, 0.6) is 0 Å². The first-order valence-corrected chi connectivity index (χ1v) is 4.83. The molecule has 0 saturated heterocycles. The van der Waals surface area contributed by atoms with Gasteiger partial charge in [-0.25, -0.2) is 0 Å². The Labute approximate surface area is 84.5 Å². The van der Waals surface area contributed by atoms with Gasteiger partial charge in [-0.15, -0.1) is 0 Å².